The molecule has 0 N–H and O–H groups in total. The number of benzene rings is 4. The molecule has 2 nitrogen and oxygen atoms in total. The van der Waals surface area contributed by atoms with Crippen molar-refractivity contribution in [3.05, 3.63) is 144 Å². The van der Waals surface area contributed by atoms with Crippen molar-refractivity contribution in [3.63, 3.8) is 0 Å². The van der Waals surface area contributed by atoms with Crippen LogP contribution in [0.3, 0.4) is 0 Å². The Morgan fingerprint density at radius 3 is 1.29 bits per heavy atom. The molecule has 2 unspecified atom stereocenters. The number of esters is 1. The maximum Gasteiger partial charge on any atom is 0.311 e. The predicted octanol–water partition coefficient (Wildman–Crippen LogP) is 6.52. The molecule has 0 aromatic heterocycles. The second kappa shape index (κ2) is 8.61. The molecule has 1 aliphatic carbocycles. The van der Waals surface area contributed by atoms with Crippen LogP contribution in [0.4, 0.5) is 0 Å². The monoisotopic (exact) mass is 404 g/mol. The van der Waals surface area contributed by atoms with Crippen LogP contribution >= 0.6 is 0 Å². The van der Waals surface area contributed by atoms with Gasteiger partial charge < -0.3 is 4.74 Å². The fourth-order valence-electron chi connectivity index (χ4n) is 4.56. The van der Waals surface area contributed by atoms with E-state index in [1.165, 1.54) is 11.1 Å². The Kier molecular flexibility index (Phi) is 5.37. The van der Waals surface area contributed by atoms with Gasteiger partial charge in [-0.05, 0) is 22.3 Å². The highest BCUT2D eigenvalue weighted by atomic mass is 16.5. The van der Waals surface area contributed by atoms with Gasteiger partial charge in [0, 0.05) is 11.8 Å². The Morgan fingerprint density at radius 2 is 0.903 bits per heavy atom. The first-order chi connectivity index (χ1) is 15.3. The van der Waals surface area contributed by atoms with Gasteiger partial charge in [-0.25, -0.2) is 0 Å². The number of ether oxygens (including phenoxy) is 1. The highest BCUT2D eigenvalue weighted by molar-refractivity contribution is 5.81. The lowest BCUT2D eigenvalue weighted by atomic mass is 10.0. The number of carbonyl (C=O) groups is 1. The van der Waals surface area contributed by atoms with E-state index in [0.717, 1.165) is 11.1 Å². The van der Waals surface area contributed by atoms with E-state index >= 15 is 0 Å². The lowest BCUT2D eigenvalue weighted by Gasteiger charge is -2.19. The van der Waals surface area contributed by atoms with Gasteiger partial charge in [0.2, 0.25) is 0 Å². The second-order valence-corrected chi connectivity index (χ2v) is 8.04. The quantitative estimate of drug-likeness (QED) is 0.342. The normalized spacial score (nSPS) is 19.7. The Bertz CT molecular complexity index is 1040. The van der Waals surface area contributed by atoms with Gasteiger partial charge in [-0.15, -0.1) is 0 Å². The summed E-state index contributed by atoms with van der Waals surface area (Å²) in [7, 11) is 0. The van der Waals surface area contributed by atoms with Gasteiger partial charge >= 0.3 is 5.97 Å². The highest BCUT2D eigenvalue weighted by Gasteiger charge is 2.57. The average Bonchev–Trinajstić information content (AvgIpc) is 3.61. The first-order valence-corrected chi connectivity index (χ1v) is 10.7. The van der Waals surface area contributed by atoms with Crippen molar-refractivity contribution in [2.24, 2.45) is 5.92 Å². The minimum Gasteiger partial charge on any atom is -0.452 e. The standard InChI is InChI=1S/C29H24O2/c30-29(31-28(23-17-9-3-10-18-23)24-19-11-4-12-20-24)27-25(21-13-5-1-6-14-21)26(27)22-15-7-2-8-16-22/h1-20,25-28H. The van der Waals surface area contributed by atoms with Crippen LogP contribution in [0, 0.1) is 5.92 Å². The Hall–Kier alpha value is -3.65. The maximum atomic E-state index is 13.5. The van der Waals surface area contributed by atoms with Gasteiger partial charge in [0.25, 0.3) is 0 Å². The minimum absolute atomic E-state index is 0.139. The zero-order valence-corrected chi connectivity index (χ0v) is 17.2. The maximum absolute atomic E-state index is 13.5. The summed E-state index contributed by atoms with van der Waals surface area (Å²) in [6.07, 6.45) is -0.414. The molecule has 31 heavy (non-hydrogen) atoms. The van der Waals surface area contributed by atoms with Crippen molar-refractivity contribution < 1.29 is 9.53 Å². The minimum atomic E-state index is -0.414. The van der Waals surface area contributed by atoms with Crippen LogP contribution in [-0.4, -0.2) is 5.97 Å². The van der Waals surface area contributed by atoms with Gasteiger partial charge in [-0.2, -0.15) is 0 Å². The Labute approximate surface area is 183 Å². The Balaban J connectivity index is 1.46. The molecule has 0 saturated heterocycles. The van der Waals surface area contributed by atoms with E-state index in [1.807, 2.05) is 97.1 Å². The zero-order chi connectivity index (χ0) is 21.0. The van der Waals surface area contributed by atoms with Crippen LogP contribution in [0.1, 0.15) is 40.2 Å². The molecule has 4 aromatic rings. The summed E-state index contributed by atoms with van der Waals surface area (Å²) >= 11 is 0. The van der Waals surface area contributed by atoms with Crippen molar-refractivity contribution in [3.8, 4) is 0 Å². The van der Waals surface area contributed by atoms with E-state index in [4.69, 9.17) is 4.74 Å². The average molecular weight is 405 g/mol. The summed E-state index contributed by atoms with van der Waals surface area (Å²) in [6, 6.07) is 40.6. The van der Waals surface area contributed by atoms with Crippen molar-refractivity contribution >= 4 is 5.97 Å². The smallest absolute Gasteiger partial charge is 0.311 e. The van der Waals surface area contributed by atoms with Crippen LogP contribution in [0.5, 0.6) is 0 Å². The lowest BCUT2D eigenvalue weighted by molar-refractivity contribution is -0.149. The molecule has 0 bridgehead atoms. The molecule has 2 atom stereocenters. The first kappa shape index (κ1) is 19.3. The van der Waals surface area contributed by atoms with Gasteiger partial charge in [0.15, 0.2) is 6.10 Å². The van der Waals surface area contributed by atoms with Gasteiger partial charge in [-0.1, -0.05) is 121 Å². The van der Waals surface area contributed by atoms with Gasteiger partial charge in [0.1, 0.15) is 0 Å². The summed E-state index contributed by atoms with van der Waals surface area (Å²) in [5.41, 5.74) is 4.34. The molecule has 0 heterocycles. The lowest BCUT2D eigenvalue weighted by Crippen LogP contribution is -2.15. The zero-order valence-electron chi connectivity index (χ0n) is 17.2. The topological polar surface area (TPSA) is 26.3 Å². The second-order valence-electron chi connectivity index (χ2n) is 8.04. The fourth-order valence-corrected chi connectivity index (χ4v) is 4.56. The first-order valence-electron chi connectivity index (χ1n) is 10.7. The molecule has 0 spiro atoms. The van der Waals surface area contributed by atoms with E-state index in [-0.39, 0.29) is 23.7 Å². The fraction of sp³-hybridized carbons (Fsp3) is 0.138. The summed E-state index contributed by atoms with van der Waals surface area (Å²) in [5, 5.41) is 0. The van der Waals surface area contributed by atoms with Gasteiger partial charge in [-0.3, -0.25) is 4.79 Å². The molecule has 1 saturated carbocycles. The third-order valence-electron chi connectivity index (χ3n) is 6.10. The summed E-state index contributed by atoms with van der Waals surface area (Å²) in [5.74, 6) is -0.0354. The van der Waals surface area contributed by atoms with Crippen molar-refractivity contribution in [1.29, 1.82) is 0 Å². The third-order valence-corrected chi connectivity index (χ3v) is 6.10. The largest absolute Gasteiger partial charge is 0.452 e. The van der Waals surface area contributed by atoms with E-state index < -0.39 is 6.10 Å². The molecular weight excluding hydrogens is 380 g/mol. The summed E-state index contributed by atoms with van der Waals surface area (Å²) < 4.78 is 6.21. The molecule has 5 rings (SSSR count). The van der Waals surface area contributed by atoms with Crippen molar-refractivity contribution in [2.75, 3.05) is 0 Å². The van der Waals surface area contributed by atoms with Crippen LogP contribution in [0.2, 0.25) is 0 Å². The van der Waals surface area contributed by atoms with Crippen LogP contribution in [0.15, 0.2) is 121 Å². The van der Waals surface area contributed by atoms with Crippen LogP contribution in [-0.2, 0) is 9.53 Å². The van der Waals surface area contributed by atoms with Gasteiger partial charge in [0.05, 0.1) is 5.92 Å². The van der Waals surface area contributed by atoms with E-state index in [2.05, 4.69) is 24.3 Å². The molecule has 1 fully saturated rings. The van der Waals surface area contributed by atoms with Crippen molar-refractivity contribution in [2.45, 2.75) is 17.9 Å². The molecule has 0 amide bonds. The highest BCUT2D eigenvalue weighted by Crippen LogP contribution is 2.61. The number of carbonyl (C=O) groups excluding carboxylic acids is 1. The molecule has 0 aliphatic heterocycles. The number of hydrogen-bond donors (Lipinski definition) is 0. The molecule has 152 valence electrons. The van der Waals surface area contributed by atoms with Crippen molar-refractivity contribution in [1.82, 2.24) is 0 Å². The Morgan fingerprint density at radius 1 is 0.548 bits per heavy atom. The van der Waals surface area contributed by atoms with E-state index in [1.54, 1.807) is 0 Å². The predicted molar refractivity (Wildman–Crippen MR) is 123 cm³/mol. The molecule has 0 radical (unpaired) electrons. The molecule has 2 heteroatoms. The van der Waals surface area contributed by atoms with E-state index in [0.29, 0.717) is 0 Å². The van der Waals surface area contributed by atoms with Crippen LogP contribution < -0.4 is 0 Å². The van der Waals surface area contributed by atoms with Crippen LogP contribution in [0.25, 0.3) is 0 Å². The summed E-state index contributed by atoms with van der Waals surface area (Å²) in [6.45, 7) is 0. The third kappa shape index (κ3) is 4.02. The number of rotatable bonds is 6. The molecule has 1 aliphatic rings. The summed E-state index contributed by atoms with van der Waals surface area (Å²) in [4.78, 5) is 13.5. The SMILES string of the molecule is O=C(OC(c1ccccc1)c1ccccc1)C1C(c2ccccc2)C1c1ccccc1. The molecular formula is C29H24O2. The molecule has 4 aromatic carbocycles. The number of hydrogen-bond acceptors (Lipinski definition) is 2. The van der Waals surface area contributed by atoms with E-state index in [9.17, 15) is 4.79 Å².